The number of carbonyl (C=O) groups is 2. The molecule has 2 amide bonds. The van der Waals surface area contributed by atoms with Crippen molar-refractivity contribution in [2.75, 3.05) is 5.32 Å². The summed E-state index contributed by atoms with van der Waals surface area (Å²) >= 11 is 1.30. The highest BCUT2D eigenvalue weighted by Crippen LogP contribution is 2.30. The summed E-state index contributed by atoms with van der Waals surface area (Å²) < 4.78 is 0. The average molecular weight is 298 g/mol. The van der Waals surface area contributed by atoms with Crippen LogP contribution >= 0.6 is 11.3 Å². The zero-order chi connectivity index (χ0) is 14.8. The third-order valence-electron chi connectivity index (χ3n) is 3.47. The van der Waals surface area contributed by atoms with Crippen molar-refractivity contribution in [1.29, 1.82) is 0 Å². The summed E-state index contributed by atoms with van der Waals surface area (Å²) in [4.78, 5) is 23.4. The largest absolute Gasteiger partial charge is 0.366 e. The summed E-state index contributed by atoms with van der Waals surface area (Å²) in [5.41, 5.74) is 9.03. The second-order valence-corrected chi connectivity index (χ2v) is 5.76. The summed E-state index contributed by atoms with van der Waals surface area (Å²) in [5.74, 6) is -0.667. The molecule has 0 saturated carbocycles. The average Bonchev–Trinajstić information content (AvgIpc) is 3.06. The van der Waals surface area contributed by atoms with E-state index in [4.69, 9.17) is 5.73 Å². The van der Waals surface area contributed by atoms with Crippen molar-refractivity contribution in [3.8, 4) is 0 Å². The Bertz CT molecular complexity index is 746. The lowest BCUT2D eigenvalue weighted by Crippen LogP contribution is -2.16. The first-order chi connectivity index (χ1) is 10.1. The Labute approximate surface area is 126 Å². The van der Waals surface area contributed by atoms with Crippen molar-refractivity contribution in [3.05, 3.63) is 58.5 Å². The van der Waals surface area contributed by atoms with Gasteiger partial charge in [0.25, 0.3) is 5.91 Å². The van der Waals surface area contributed by atoms with Gasteiger partial charge in [0.15, 0.2) is 0 Å². The Hall–Kier alpha value is -2.40. The molecule has 0 saturated heterocycles. The predicted molar refractivity (Wildman–Crippen MR) is 84.2 cm³/mol. The van der Waals surface area contributed by atoms with Gasteiger partial charge >= 0.3 is 0 Å². The molecule has 1 aromatic carbocycles. The van der Waals surface area contributed by atoms with Crippen molar-refractivity contribution in [1.82, 2.24) is 0 Å². The summed E-state index contributed by atoms with van der Waals surface area (Å²) in [6, 6.07) is 9.69. The quantitative estimate of drug-likeness (QED) is 0.911. The number of nitrogens with two attached hydrogens (primary N) is 1. The van der Waals surface area contributed by atoms with Crippen molar-refractivity contribution in [3.63, 3.8) is 0 Å². The summed E-state index contributed by atoms with van der Waals surface area (Å²) in [7, 11) is 0. The first kappa shape index (κ1) is 13.6. The number of hydrogen-bond acceptors (Lipinski definition) is 3. The minimum Gasteiger partial charge on any atom is -0.366 e. The van der Waals surface area contributed by atoms with Crippen molar-refractivity contribution < 1.29 is 9.59 Å². The van der Waals surface area contributed by atoms with E-state index in [0.717, 1.165) is 17.6 Å². The SMILES string of the molecule is NC(=O)c1ccsc1NC(=O)CC1=CCc2ccccc21. The fourth-order valence-electron chi connectivity index (χ4n) is 2.47. The fraction of sp³-hybridized carbons (Fsp3) is 0.125. The Morgan fingerprint density at radius 2 is 2.05 bits per heavy atom. The maximum Gasteiger partial charge on any atom is 0.251 e. The molecule has 4 nitrogen and oxygen atoms in total. The number of anilines is 1. The van der Waals surface area contributed by atoms with Crippen LogP contribution in [-0.2, 0) is 11.2 Å². The number of benzene rings is 1. The molecule has 21 heavy (non-hydrogen) atoms. The number of amides is 2. The lowest BCUT2D eigenvalue weighted by atomic mass is 10.0. The molecule has 3 N–H and O–H groups in total. The molecular formula is C16H14N2O2S. The van der Waals surface area contributed by atoms with Crippen molar-refractivity contribution in [2.45, 2.75) is 12.8 Å². The fourth-order valence-corrected chi connectivity index (χ4v) is 3.27. The maximum atomic E-state index is 12.2. The molecule has 1 aliphatic carbocycles. The molecule has 106 valence electrons. The Kier molecular flexibility index (Phi) is 3.58. The Balaban J connectivity index is 1.71. The molecule has 0 fully saturated rings. The predicted octanol–water partition coefficient (Wildman–Crippen LogP) is 2.82. The van der Waals surface area contributed by atoms with Crippen LogP contribution in [0, 0.1) is 0 Å². The highest BCUT2D eigenvalue weighted by Gasteiger charge is 2.18. The van der Waals surface area contributed by atoms with Gasteiger partial charge < -0.3 is 11.1 Å². The number of nitrogens with one attached hydrogen (secondary N) is 1. The molecule has 0 bridgehead atoms. The molecule has 0 aliphatic heterocycles. The van der Waals surface area contributed by atoms with E-state index < -0.39 is 5.91 Å². The lowest BCUT2D eigenvalue weighted by Gasteiger charge is -2.07. The zero-order valence-corrected chi connectivity index (χ0v) is 12.1. The number of thiophene rings is 1. The van der Waals surface area contributed by atoms with Gasteiger partial charge in [-0.3, -0.25) is 9.59 Å². The van der Waals surface area contributed by atoms with Gasteiger partial charge in [-0.05, 0) is 34.6 Å². The van der Waals surface area contributed by atoms with Crippen LogP contribution < -0.4 is 11.1 Å². The van der Waals surface area contributed by atoms with Gasteiger partial charge in [-0.1, -0.05) is 30.3 Å². The van der Waals surface area contributed by atoms with Gasteiger partial charge in [-0.2, -0.15) is 0 Å². The normalized spacial score (nSPS) is 12.7. The third-order valence-corrected chi connectivity index (χ3v) is 4.30. The zero-order valence-electron chi connectivity index (χ0n) is 11.3. The van der Waals surface area contributed by atoms with Gasteiger partial charge in [0, 0.05) is 0 Å². The van der Waals surface area contributed by atoms with E-state index in [1.165, 1.54) is 16.9 Å². The highest BCUT2D eigenvalue weighted by molar-refractivity contribution is 7.14. The highest BCUT2D eigenvalue weighted by atomic mass is 32.1. The van der Waals surface area contributed by atoms with Crippen LogP contribution in [0.25, 0.3) is 5.57 Å². The van der Waals surface area contributed by atoms with Gasteiger partial charge in [0.1, 0.15) is 5.00 Å². The minimum absolute atomic E-state index is 0.136. The molecule has 0 unspecified atom stereocenters. The van der Waals surface area contributed by atoms with Crippen LogP contribution in [0.4, 0.5) is 5.00 Å². The van der Waals surface area contributed by atoms with Crippen LogP contribution in [0.15, 0.2) is 41.8 Å². The van der Waals surface area contributed by atoms with Crippen molar-refractivity contribution >= 4 is 33.7 Å². The second kappa shape index (κ2) is 5.54. The molecule has 0 atom stereocenters. The van der Waals surface area contributed by atoms with E-state index >= 15 is 0 Å². The molecule has 5 heteroatoms. The standard InChI is InChI=1S/C16H14N2O2S/c17-15(20)13-7-8-21-16(13)18-14(19)9-11-6-5-10-3-1-2-4-12(10)11/h1-4,6-8H,5,9H2,(H2,17,20)(H,18,19). The molecule has 1 aromatic heterocycles. The first-order valence-electron chi connectivity index (χ1n) is 6.59. The van der Waals surface area contributed by atoms with Crippen LogP contribution in [0.5, 0.6) is 0 Å². The summed E-state index contributed by atoms with van der Waals surface area (Å²) in [6.07, 6.45) is 3.24. The molecule has 0 spiro atoms. The van der Waals surface area contributed by atoms with Crippen LogP contribution in [0.2, 0.25) is 0 Å². The third kappa shape index (κ3) is 2.73. The Morgan fingerprint density at radius 3 is 2.86 bits per heavy atom. The number of carbonyl (C=O) groups excluding carboxylic acids is 2. The molecule has 1 aliphatic rings. The number of allylic oxidation sites excluding steroid dienone is 1. The smallest absolute Gasteiger partial charge is 0.251 e. The molecule has 2 aromatic rings. The van der Waals surface area contributed by atoms with E-state index in [1.807, 2.05) is 18.2 Å². The molecule has 3 rings (SSSR count). The van der Waals surface area contributed by atoms with Crippen LogP contribution in [0.3, 0.4) is 0 Å². The van der Waals surface area contributed by atoms with Crippen LogP contribution in [0.1, 0.15) is 27.9 Å². The molecular weight excluding hydrogens is 284 g/mol. The minimum atomic E-state index is -0.531. The van der Waals surface area contributed by atoms with Gasteiger partial charge in [0.05, 0.1) is 12.0 Å². The molecule has 0 radical (unpaired) electrons. The number of fused-ring (bicyclic) bond motifs is 1. The van der Waals surface area contributed by atoms with Gasteiger partial charge in [-0.25, -0.2) is 0 Å². The summed E-state index contributed by atoms with van der Waals surface area (Å²) in [6.45, 7) is 0. The first-order valence-corrected chi connectivity index (χ1v) is 7.47. The van der Waals surface area contributed by atoms with Crippen molar-refractivity contribution in [2.24, 2.45) is 5.73 Å². The van der Waals surface area contributed by atoms with Gasteiger partial charge in [-0.15, -0.1) is 11.3 Å². The topological polar surface area (TPSA) is 72.2 Å². The number of primary amides is 1. The van der Waals surface area contributed by atoms with E-state index in [0.29, 0.717) is 17.0 Å². The monoisotopic (exact) mass is 298 g/mol. The lowest BCUT2D eigenvalue weighted by molar-refractivity contribution is -0.115. The van der Waals surface area contributed by atoms with E-state index in [1.54, 1.807) is 11.4 Å². The number of hydrogen-bond donors (Lipinski definition) is 2. The number of rotatable bonds is 4. The van der Waals surface area contributed by atoms with Gasteiger partial charge in [0.2, 0.25) is 5.91 Å². The van der Waals surface area contributed by atoms with E-state index in [2.05, 4.69) is 17.5 Å². The molecule has 1 heterocycles. The summed E-state index contributed by atoms with van der Waals surface area (Å²) in [5, 5.41) is 5.02. The maximum absolute atomic E-state index is 12.2. The van der Waals surface area contributed by atoms with E-state index in [9.17, 15) is 9.59 Å². The van der Waals surface area contributed by atoms with E-state index in [-0.39, 0.29) is 5.91 Å². The Morgan fingerprint density at radius 1 is 1.24 bits per heavy atom. The second-order valence-electron chi connectivity index (χ2n) is 4.84. The van der Waals surface area contributed by atoms with Crippen LogP contribution in [-0.4, -0.2) is 11.8 Å².